The summed E-state index contributed by atoms with van der Waals surface area (Å²) in [6.45, 7) is 0. The highest BCUT2D eigenvalue weighted by molar-refractivity contribution is 6.12. The van der Waals surface area contributed by atoms with Gasteiger partial charge in [-0.1, -0.05) is 127 Å². The Bertz CT molecular complexity index is 3280. The standard InChI is InChI=1S/C53H33N5/c54-34-35-23-25-36(26-24-35)39-29-40(53-55-47(37-13-3-1-4-14-37)33-48(56-53)38-15-5-2-6-16-38)31-42(30-39)58-51-22-12-9-19-45(51)46-32-41(27-28-52(46)58)57-49-20-10-7-17-43(49)44-18-8-11-21-50(44)57/h1-33H. The summed E-state index contributed by atoms with van der Waals surface area (Å²) in [6, 6.07) is 72.0. The van der Waals surface area contributed by atoms with Gasteiger partial charge >= 0.3 is 0 Å². The second-order valence-electron chi connectivity index (χ2n) is 14.6. The molecule has 5 heteroatoms. The van der Waals surface area contributed by atoms with Crippen LogP contribution in [-0.2, 0) is 0 Å². The molecule has 0 spiro atoms. The van der Waals surface area contributed by atoms with E-state index in [4.69, 9.17) is 9.97 Å². The summed E-state index contributed by atoms with van der Waals surface area (Å²) in [5.41, 5.74) is 13.9. The van der Waals surface area contributed by atoms with E-state index in [1.165, 1.54) is 27.2 Å². The fourth-order valence-electron chi connectivity index (χ4n) is 8.44. The van der Waals surface area contributed by atoms with Crippen LogP contribution in [0.15, 0.2) is 200 Å². The maximum Gasteiger partial charge on any atom is 0.160 e. The SMILES string of the molecule is N#Cc1ccc(-c2cc(-c3nc(-c4ccccc4)cc(-c4ccccc4)n3)cc(-n3c4ccccc4c4cc(-n5c6ccccc6c6ccccc65)ccc43)c2)cc1. The predicted octanol–water partition coefficient (Wildman–Crippen LogP) is 13.2. The van der Waals surface area contributed by atoms with Crippen molar-refractivity contribution < 1.29 is 0 Å². The summed E-state index contributed by atoms with van der Waals surface area (Å²) in [6.07, 6.45) is 0. The molecule has 8 aromatic carbocycles. The van der Waals surface area contributed by atoms with E-state index in [-0.39, 0.29) is 0 Å². The Morgan fingerprint density at radius 1 is 0.345 bits per heavy atom. The summed E-state index contributed by atoms with van der Waals surface area (Å²) in [5.74, 6) is 0.631. The molecular formula is C53H33N5. The lowest BCUT2D eigenvalue weighted by Crippen LogP contribution is -1.99. The Kier molecular flexibility index (Phi) is 7.80. The maximum atomic E-state index is 9.61. The molecule has 58 heavy (non-hydrogen) atoms. The summed E-state index contributed by atoms with van der Waals surface area (Å²) >= 11 is 0. The molecule has 0 aliphatic rings. The molecule has 0 atom stereocenters. The van der Waals surface area contributed by atoms with Crippen LogP contribution in [0.2, 0.25) is 0 Å². The quantitative estimate of drug-likeness (QED) is 0.171. The van der Waals surface area contributed by atoms with E-state index in [9.17, 15) is 5.26 Å². The Hall–Kier alpha value is -8.07. The lowest BCUT2D eigenvalue weighted by atomic mass is 10.00. The molecule has 0 aliphatic heterocycles. The Morgan fingerprint density at radius 3 is 1.40 bits per heavy atom. The van der Waals surface area contributed by atoms with Gasteiger partial charge in [-0.15, -0.1) is 0 Å². The van der Waals surface area contributed by atoms with Crippen LogP contribution in [0.1, 0.15) is 5.56 Å². The van der Waals surface area contributed by atoms with Crippen LogP contribution < -0.4 is 0 Å². The number of para-hydroxylation sites is 3. The summed E-state index contributed by atoms with van der Waals surface area (Å²) in [5, 5.41) is 14.4. The molecule has 0 fully saturated rings. The number of nitrogens with zero attached hydrogens (tertiary/aromatic N) is 5. The first kappa shape index (κ1) is 33.3. The molecule has 3 aromatic heterocycles. The van der Waals surface area contributed by atoms with Gasteiger partial charge < -0.3 is 9.13 Å². The van der Waals surface area contributed by atoms with Crippen molar-refractivity contribution in [1.29, 1.82) is 5.26 Å². The second kappa shape index (κ2) is 13.6. The largest absolute Gasteiger partial charge is 0.309 e. The van der Waals surface area contributed by atoms with Crippen LogP contribution in [0.3, 0.4) is 0 Å². The van der Waals surface area contributed by atoms with Crippen molar-refractivity contribution >= 4 is 43.6 Å². The van der Waals surface area contributed by atoms with Gasteiger partial charge in [0, 0.05) is 49.6 Å². The van der Waals surface area contributed by atoms with Crippen molar-refractivity contribution in [3.8, 4) is 62.5 Å². The van der Waals surface area contributed by atoms with Crippen LogP contribution in [0.25, 0.3) is 100 Å². The first-order valence-corrected chi connectivity index (χ1v) is 19.4. The fourth-order valence-corrected chi connectivity index (χ4v) is 8.44. The van der Waals surface area contributed by atoms with E-state index < -0.39 is 0 Å². The molecule has 0 N–H and O–H groups in total. The molecule has 0 saturated heterocycles. The Morgan fingerprint density at radius 2 is 0.828 bits per heavy atom. The van der Waals surface area contributed by atoms with Gasteiger partial charge in [0.05, 0.1) is 45.1 Å². The Balaban J connectivity index is 1.16. The summed E-state index contributed by atoms with van der Waals surface area (Å²) < 4.78 is 4.73. The third kappa shape index (κ3) is 5.55. The minimum Gasteiger partial charge on any atom is -0.309 e. The van der Waals surface area contributed by atoms with E-state index >= 15 is 0 Å². The number of nitriles is 1. The molecule has 0 unspecified atom stereocenters. The molecule has 270 valence electrons. The van der Waals surface area contributed by atoms with Crippen LogP contribution in [0.4, 0.5) is 0 Å². The van der Waals surface area contributed by atoms with Gasteiger partial charge in [0.1, 0.15) is 0 Å². The van der Waals surface area contributed by atoms with Crippen molar-refractivity contribution in [3.63, 3.8) is 0 Å². The molecule has 3 heterocycles. The zero-order chi connectivity index (χ0) is 38.6. The topological polar surface area (TPSA) is 59.4 Å². The van der Waals surface area contributed by atoms with Gasteiger partial charge in [-0.2, -0.15) is 5.26 Å². The number of hydrogen-bond acceptors (Lipinski definition) is 3. The van der Waals surface area contributed by atoms with Gasteiger partial charge in [0.2, 0.25) is 0 Å². The maximum absolute atomic E-state index is 9.61. The number of benzene rings is 8. The van der Waals surface area contributed by atoms with E-state index in [2.05, 4.69) is 155 Å². The van der Waals surface area contributed by atoms with Crippen molar-refractivity contribution in [3.05, 3.63) is 206 Å². The lowest BCUT2D eigenvalue weighted by molar-refractivity contribution is 1.15. The number of fused-ring (bicyclic) bond motifs is 6. The molecule has 5 nitrogen and oxygen atoms in total. The predicted molar refractivity (Wildman–Crippen MR) is 237 cm³/mol. The number of rotatable bonds is 6. The third-order valence-corrected chi connectivity index (χ3v) is 11.1. The minimum absolute atomic E-state index is 0.618. The van der Waals surface area contributed by atoms with E-state index in [0.29, 0.717) is 11.4 Å². The number of hydrogen-bond donors (Lipinski definition) is 0. The van der Waals surface area contributed by atoms with Gasteiger partial charge in [-0.3, -0.25) is 0 Å². The molecule has 11 rings (SSSR count). The van der Waals surface area contributed by atoms with Crippen molar-refractivity contribution in [2.24, 2.45) is 0 Å². The average Bonchev–Trinajstić information content (AvgIpc) is 3.82. The van der Waals surface area contributed by atoms with Gasteiger partial charge in [-0.25, -0.2) is 9.97 Å². The lowest BCUT2D eigenvalue weighted by Gasteiger charge is -2.15. The second-order valence-corrected chi connectivity index (χ2v) is 14.6. The number of aromatic nitrogens is 4. The smallest absolute Gasteiger partial charge is 0.160 e. The van der Waals surface area contributed by atoms with Crippen molar-refractivity contribution in [2.45, 2.75) is 0 Å². The van der Waals surface area contributed by atoms with E-state index in [1.807, 2.05) is 60.7 Å². The first-order chi connectivity index (χ1) is 28.7. The van der Waals surface area contributed by atoms with Crippen LogP contribution in [0, 0.1) is 11.3 Å². The van der Waals surface area contributed by atoms with Crippen molar-refractivity contribution in [2.75, 3.05) is 0 Å². The average molecular weight is 740 g/mol. The molecule has 0 aliphatic carbocycles. The highest BCUT2D eigenvalue weighted by atomic mass is 15.0. The normalized spacial score (nSPS) is 11.4. The zero-order valence-electron chi connectivity index (χ0n) is 31.3. The van der Waals surface area contributed by atoms with Gasteiger partial charge in [0.25, 0.3) is 0 Å². The van der Waals surface area contributed by atoms with E-state index in [1.54, 1.807) is 0 Å². The highest BCUT2D eigenvalue weighted by Gasteiger charge is 2.19. The van der Waals surface area contributed by atoms with Gasteiger partial charge in [0.15, 0.2) is 5.82 Å². The van der Waals surface area contributed by atoms with Crippen LogP contribution >= 0.6 is 0 Å². The van der Waals surface area contributed by atoms with Crippen LogP contribution in [0.5, 0.6) is 0 Å². The zero-order valence-corrected chi connectivity index (χ0v) is 31.3. The Labute approximate surface area is 335 Å². The molecule has 11 aromatic rings. The molecule has 0 bridgehead atoms. The highest BCUT2D eigenvalue weighted by Crippen LogP contribution is 2.39. The van der Waals surface area contributed by atoms with Crippen molar-refractivity contribution in [1.82, 2.24) is 19.1 Å². The van der Waals surface area contributed by atoms with Gasteiger partial charge in [-0.05, 0) is 83.9 Å². The first-order valence-electron chi connectivity index (χ1n) is 19.4. The third-order valence-electron chi connectivity index (χ3n) is 11.1. The fraction of sp³-hybridized carbons (Fsp3) is 0. The minimum atomic E-state index is 0.618. The summed E-state index contributed by atoms with van der Waals surface area (Å²) in [7, 11) is 0. The molecule has 0 amide bonds. The molecule has 0 radical (unpaired) electrons. The monoisotopic (exact) mass is 739 g/mol. The summed E-state index contributed by atoms with van der Waals surface area (Å²) in [4.78, 5) is 10.5. The van der Waals surface area contributed by atoms with E-state index in [0.717, 1.165) is 67.0 Å². The van der Waals surface area contributed by atoms with Crippen LogP contribution in [-0.4, -0.2) is 19.1 Å². The molecule has 0 saturated carbocycles. The molecular weight excluding hydrogens is 707 g/mol.